The van der Waals surface area contributed by atoms with Crippen molar-refractivity contribution in [1.29, 1.82) is 0 Å². The summed E-state index contributed by atoms with van der Waals surface area (Å²) in [4.78, 5) is 32.9. The predicted octanol–water partition coefficient (Wildman–Crippen LogP) is -0.584. The highest BCUT2D eigenvalue weighted by atomic mass is 16.4. The summed E-state index contributed by atoms with van der Waals surface area (Å²) in [5.74, 6) is 0.267. The summed E-state index contributed by atoms with van der Waals surface area (Å²) in [6, 6.07) is -2.27. The molecule has 0 heterocycles. The van der Waals surface area contributed by atoms with Gasteiger partial charge >= 0.3 is 12.0 Å². The molecule has 7 heteroatoms. The van der Waals surface area contributed by atoms with Crippen LogP contribution >= 0.6 is 0 Å². The van der Waals surface area contributed by atoms with Gasteiger partial charge in [0.1, 0.15) is 6.04 Å². The van der Waals surface area contributed by atoms with Gasteiger partial charge in [-0.05, 0) is 6.42 Å². The third-order valence-corrected chi connectivity index (χ3v) is 2.20. The molecule has 7 nitrogen and oxygen atoms in total. The quantitative estimate of drug-likeness (QED) is 0.454. The van der Waals surface area contributed by atoms with Crippen LogP contribution in [0.3, 0.4) is 0 Å². The maximum atomic E-state index is 11.5. The second-order valence-electron chi connectivity index (χ2n) is 3.69. The zero-order valence-electron chi connectivity index (χ0n) is 10.1. The molecule has 0 aromatic heterocycles. The van der Waals surface area contributed by atoms with E-state index in [0.29, 0.717) is 12.8 Å². The zero-order valence-corrected chi connectivity index (χ0v) is 10.1. The van der Waals surface area contributed by atoms with Crippen LogP contribution in [0, 0.1) is 12.3 Å². The van der Waals surface area contributed by atoms with Gasteiger partial charge in [0.2, 0.25) is 5.91 Å². The third-order valence-electron chi connectivity index (χ3n) is 2.20. The normalized spacial score (nSPS) is 12.9. The summed E-state index contributed by atoms with van der Waals surface area (Å²) in [5, 5.41) is 13.5. The number of hydrogen-bond donors (Lipinski definition) is 4. The van der Waals surface area contributed by atoms with Gasteiger partial charge in [0.25, 0.3) is 0 Å². The average molecular weight is 255 g/mol. The second-order valence-corrected chi connectivity index (χ2v) is 3.69. The van der Waals surface area contributed by atoms with Gasteiger partial charge in [-0.1, -0.05) is 6.92 Å². The fourth-order valence-corrected chi connectivity index (χ4v) is 1.23. The van der Waals surface area contributed by atoms with Gasteiger partial charge in [0.15, 0.2) is 0 Å². The van der Waals surface area contributed by atoms with Gasteiger partial charge in [-0.15, -0.1) is 12.3 Å². The summed E-state index contributed by atoms with van der Waals surface area (Å²) in [7, 11) is 0. The van der Waals surface area contributed by atoms with Crippen molar-refractivity contribution < 1.29 is 19.5 Å². The Morgan fingerprint density at radius 2 is 2.00 bits per heavy atom. The van der Waals surface area contributed by atoms with E-state index in [1.807, 2.05) is 6.92 Å². The Balaban J connectivity index is 4.38. The molecule has 0 aliphatic heterocycles. The highest BCUT2D eigenvalue weighted by Crippen LogP contribution is 1.97. The Kier molecular flexibility index (Phi) is 6.96. The van der Waals surface area contributed by atoms with Crippen LogP contribution < -0.4 is 16.4 Å². The van der Waals surface area contributed by atoms with E-state index in [1.54, 1.807) is 0 Å². The van der Waals surface area contributed by atoms with Gasteiger partial charge in [-0.3, -0.25) is 4.79 Å². The molecule has 0 saturated carbocycles. The molecule has 2 unspecified atom stereocenters. The van der Waals surface area contributed by atoms with Crippen molar-refractivity contribution in [2.45, 2.75) is 38.3 Å². The van der Waals surface area contributed by atoms with E-state index in [1.165, 1.54) is 0 Å². The maximum Gasteiger partial charge on any atom is 0.326 e. The first kappa shape index (κ1) is 15.8. The van der Waals surface area contributed by atoms with Crippen molar-refractivity contribution in [3.8, 4) is 12.3 Å². The van der Waals surface area contributed by atoms with E-state index >= 15 is 0 Å². The number of nitrogens with one attached hydrogen (secondary N) is 2. The molecule has 0 saturated heterocycles. The molecule has 100 valence electrons. The molecular formula is C11H17N3O4. The van der Waals surface area contributed by atoms with Crippen molar-refractivity contribution in [2.24, 2.45) is 5.73 Å². The van der Waals surface area contributed by atoms with Crippen LogP contribution in [0.5, 0.6) is 0 Å². The minimum atomic E-state index is -1.34. The van der Waals surface area contributed by atoms with Crippen molar-refractivity contribution in [2.75, 3.05) is 0 Å². The predicted molar refractivity (Wildman–Crippen MR) is 64.4 cm³/mol. The number of aliphatic carboxylic acids is 1. The first-order valence-electron chi connectivity index (χ1n) is 5.42. The fraction of sp³-hybridized carbons (Fsp3) is 0.545. The number of primary amides is 1. The molecule has 5 N–H and O–H groups in total. The lowest BCUT2D eigenvalue weighted by molar-refractivity contribution is -0.140. The largest absolute Gasteiger partial charge is 0.480 e. The molecule has 2 atom stereocenters. The first-order valence-corrected chi connectivity index (χ1v) is 5.42. The number of carboxylic acid groups (broad SMARTS) is 1. The number of nitrogens with two attached hydrogens (primary N) is 1. The monoisotopic (exact) mass is 255 g/mol. The lowest BCUT2D eigenvalue weighted by Crippen LogP contribution is -2.50. The summed E-state index contributed by atoms with van der Waals surface area (Å²) in [6.45, 7) is 1.83. The van der Waals surface area contributed by atoms with Gasteiger partial charge in [0.05, 0.1) is 6.42 Å². The number of hydrogen-bond acceptors (Lipinski definition) is 3. The Morgan fingerprint density at radius 3 is 2.39 bits per heavy atom. The van der Waals surface area contributed by atoms with E-state index in [-0.39, 0.29) is 6.04 Å². The number of amides is 3. The fourth-order valence-electron chi connectivity index (χ4n) is 1.23. The smallest absolute Gasteiger partial charge is 0.326 e. The maximum absolute atomic E-state index is 11.5. The molecule has 0 aromatic carbocycles. The van der Waals surface area contributed by atoms with Gasteiger partial charge in [-0.2, -0.15) is 0 Å². The minimum absolute atomic E-state index is 0.238. The second kappa shape index (κ2) is 7.95. The van der Waals surface area contributed by atoms with Crippen molar-refractivity contribution in [3.05, 3.63) is 0 Å². The first-order chi connectivity index (χ1) is 8.40. The van der Waals surface area contributed by atoms with Gasteiger partial charge in [0, 0.05) is 12.5 Å². The number of carbonyl (C=O) groups excluding carboxylic acids is 2. The molecule has 0 rings (SSSR count). The molecule has 0 spiro atoms. The third kappa shape index (κ3) is 6.37. The van der Waals surface area contributed by atoms with Crippen LogP contribution in [0.25, 0.3) is 0 Å². The minimum Gasteiger partial charge on any atom is -0.480 e. The van der Waals surface area contributed by atoms with Crippen molar-refractivity contribution >= 4 is 17.9 Å². The highest BCUT2D eigenvalue weighted by molar-refractivity contribution is 5.87. The lowest BCUT2D eigenvalue weighted by atomic mass is 10.1. The topological polar surface area (TPSA) is 122 Å². The number of carboxylic acids is 1. The molecule has 0 bridgehead atoms. The van der Waals surface area contributed by atoms with Crippen LogP contribution in [0.1, 0.15) is 26.2 Å². The lowest BCUT2D eigenvalue weighted by Gasteiger charge is -2.18. The molecular weight excluding hydrogens is 238 g/mol. The summed E-state index contributed by atoms with van der Waals surface area (Å²) in [5.41, 5.74) is 4.88. The van der Waals surface area contributed by atoms with Gasteiger partial charge in [-0.25, -0.2) is 9.59 Å². The van der Waals surface area contributed by atoms with Crippen molar-refractivity contribution in [3.63, 3.8) is 0 Å². The van der Waals surface area contributed by atoms with E-state index in [0.717, 1.165) is 0 Å². The molecule has 18 heavy (non-hydrogen) atoms. The van der Waals surface area contributed by atoms with E-state index < -0.39 is 30.4 Å². The molecule has 0 aliphatic carbocycles. The Bertz CT molecular complexity index is 362. The van der Waals surface area contributed by atoms with Crippen molar-refractivity contribution in [1.82, 2.24) is 10.6 Å². The highest BCUT2D eigenvalue weighted by Gasteiger charge is 2.22. The molecule has 0 fully saturated rings. The van der Waals surface area contributed by atoms with Crippen LogP contribution in [-0.2, 0) is 9.59 Å². The molecule has 0 aliphatic rings. The Hall–Kier alpha value is -2.23. The van der Waals surface area contributed by atoms with Gasteiger partial charge < -0.3 is 21.5 Å². The van der Waals surface area contributed by atoms with Crippen LogP contribution in [-0.4, -0.2) is 35.1 Å². The Morgan fingerprint density at radius 1 is 1.39 bits per heavy atom. The van der Waals surface area contributed by atoms with E-state index in [4.69, 9.17) is 17.3 Å². The van der Waals surface area contributed by atoms with E-state index in [9.17, 15) is 14.4 Å². The number of terminal acetylenes is 1. The summed E-state index contributed by atoms with van der Waals surface area (Å²) in [6.07, 6.45) is 5.62. The average Bonchev–Trinajstić information content (AvgIpc) is 2.26. The van der Waals surface area contributed by atoms with E-state index in [2.05, 4.69) is 16.6 Å². The molecule has 3 amide bonds. The van der Waals surface area contributed by atoms with Crippen LogP contribution in [0.4, 0.5) is 4.79 Å². The molecule has 0 radical (unpaired) electrons. The number of carbonyl (C=O) groups is 3. The standard InChI is InChI=1S/C11H17N3O4/c1-3-5-7(4-2)13-11(18)14-8(10(16)17)6-9(12)15/h1,7-8H,4-6H2,2H3,(H2,12,15)(H,16,17)(H2,13,14,18). The number of urea groups is 1. The van der Waals surface area contributed by atoms with Crippen LogP contribution in [0.15, 0.2) is 0 Å². The summed E-state index contributed by atoms with van der Waals surface area (Å²) >= 11 is 0. The Labute approximate surface area is 105 Å². The molecule has 0 aromatic rings. The SMILES string of the molecule is C#CCC(CC)NC(=O)NC(CC(N)=O)C(=O)O. The summed E-state index contributed by atoms with van der Waals surface area (Å²) < 4.78 is 0. The zero-order chi connectivity index (χ0) is 14.1. The van der Waals surface area contributed by atoms with Crippen LogP contribution in [0.2, 0.25) is 0 Å². The number of rotatable bonds is 7.